The number of nitrogens with zero attached hydrogens (tertiary/aromatic N) is 3. The van der Waals surface area contributed by atoms with Crippen molar-refractivity contribution in [3.63, 3.8) is 0 Å². The monoisotopic (exact) mass is 379 g/mol. The van der Waals surface area contributed by atoms with Gasteiger partial charge in [0.1, 0.15) is 0 Å². The Morgan fingerprint density at radius 2 is 1.77 bits per heavy atom. The SMILES string of the molecule is CCS(=O)(=O)N1CCN(C(=O)C2CC(=O)N(Cc3ccccc3)C2)CC1. The Balaban J connectivity index is 1.55. The fourth-order valence-corrected chi connectivity index (χ4v) is 4.61. The quantitative estimate of drug-likeness (QED) is 0.748. The van der Waals surface area contributed by atoms with E-state index in [9.17, 15) is 18.0 Å². The summed E-state index contributed by atoms with van der Waals surface area (Å²) in [5.74, 6) is -0.297. The van der Waals surface area contributed by atoms with Crippen LogP contribution in [-0.4, -0.2) is 72.8 Å². The molecule has 0 aromatic heterocycles. The van der Waals surface area contributed by atoms with Gasteiger partial charge in [0.25, 0.3) is 0 Å². The molecule has 2 saturated heterocycles. The van der Waals surface area contributed by atoms with Crippen LogP contribution in [0.1, 0.15) is 18.9 Å². The molecule has 7 nitrogen and oxygen atoms in total. The first kappa shape index (κ1) is 18.8. The Morgan fingerprint density at radius 3 is 2.38 bits per heavy atom. The highest BCUT2D eigenvalue weighted by molar-refractivity contribution is 7.89. The van der Waals surface area contributed by atoms with E-state index >= 15 is 0 Å². The number of piperazine rings is 1. The first-order valence-corrected chi connectivity index (χ1v) is 10.6. The summed E-state index contributed by atoms with van der Waals surface area (Å²) >= 11 is 0. The summed E-state index contributed by atoms with van der Waals surface area (Å²) in [5.41, 5.74) is 1.05. The summed E-state index contributed by atoms with van der Waals surface area (Å²) in [5, 5.41) is 0. The Bertz CT molecular complexity index is 758. The second-order valence-electron chi connectivity index (χ2n) is 6.79. The summed E-state index contributed by atoms with van der Waals surface area (Å²) < 4.78 is 25.3. The van der Waals surface area contributed by atoms with Crippen molar-refractivity contribution in [1.29, 1.82) is 0 Å². The molecule has 0 aliphatic carbocycles. The Kier molecular flexibility index (Phi) is 5.62. The van der Waals surface area contributed by atoms with Crippen LogP contribution in [0.15, 0.2) is 30.3 Å². The van der Waals surface area contributed by atoms with Crippen LogP contribution in [0.5, 0.6) is 0 Å². The van der Waals surface area contributed by atoms with Crippen molar-refractivity contribution in [2.24, 2.45) is 5.92 Å². The zero-order valence-corrected chi connectivity index (χ0v) is 15.8. The predicted molar refractivity (Wildman–Crippen MR) is 97.6 cm³/mol. The smallest absolute Gasteiger partial charge is 0.228 e. The predicted octanol–water partition coefficient (Wildman–Crippen LogP) is 0.529. The van der Waals surface area contributed by atoms with E-state index in [0.29, 0.717) is 39.3 Å². The summed E-state index contributed by atoms with van der Waals surface area (Å²) in [6.07, 6.45) is 0.235. The van der Waals surface area contributed by atoms with Crippen molar-refractivity contribution < 1.29 is 18.0 Å². The summed E-state index contributed by atoms with van der Waals surface area (Å²) in [6, 6.07) is 9.73. The van der Waals surface area contributed by atoms with Crippen LogP contribution in [0.4, 0.5) is 0 Å². The molecule has 0 radical (unpaired) electrons. The lowest BCUT2D eigenvalue weighted by Gasteiger charge is -2.35. The van der Waals surface area contributed by atoms with E-state index in [-0.39, 0.29) is 29.9 Å². The number of carbonyl (C=O) groups excluding carboxylic acids is 2. The highest BCUT2D eigenvalue weighted by Gasteiger charge is 2.38. The van der Waals surface area contributed by atoms with Gasteiger partial charge in [-0.2, -0.15) is 4.31 Å². The molecule has 0 spiro atoms. The highest BCUT2D eigenvalue weighted by Crippen LogP contribution is 2.23. The minimum absolute atomic E-state index is 0.000556. The van der Waals surface area contributed by atoms with Crippen LogP contribution in [0.2, 0.25) is 0 Å². The molecular formula is C18H25N3O4S. The molecule has 1 aromatic carbocycles. The van der Waals surface area contributed by atoms with Gasteiger partial charge in [0.2, 0.25) is 21.8 Å². The van der Waals surface area contributed by atoms with Crippen molar-refractivity contribution >= 4 is 21.8 Å². The van der Waals surface area contributed by atoms with Gasteiger partial charge < -0.3 is 9.80 Å². The lowest BCUT2D eigenvalue weighted by molar-refractivity contribution is -0.137. The summed E-state index contributed by atoms with van der Waals surface area (Å²) in [4.78, 5) is 28.4. The zero-order chi connectivity index (χ0) is 18.7. The lowest BCUT2D eigenvalue weighted by Crippen LogP contribution is -2.52. The molecule has 0 bridgehead atoms. The first-order valence-electron chi connectivity index (χ1n) is 8.99. The fourth-order valence-electron chi connectivity index (χ4n) is 3.52. The van der Waals surface area contributed by atoms with Gasteiger partial charge in [-0.25, -0.2) is 8.42 Å². The van der Waals surface area contributed by atoms with E-state index in [1.165, 1.54) is 4.31 Å². The normalized spacial score (nSPS) is 22.0. The molecule has 26 heavy (non-hydrogen) atoms. The molecule has 1 unspecified atom stereocenters. The molecule has 2 amide bonds. The Labute approximate surface area is 154 Å². The topological polar surface area (TPSA) is 78.0 Å². The summed E-state index contributed by atoms with van der Waals surface area (Å²) in [6.45, 7) is 4.01. The molecule has 1 aromatic rings. The van der Waals surface area contributed by atoms with Crippen molar-refractivity contribution in [3.8, 4) is 0 Å². The van der Waals surface area contributed by atoms with E-state index < -0.39 is 10.0 Å². The number of rotatable bonds is 5. The van der Waals surface area contributed by atoms with E-state index in [1.807, 2.05) is 30.3 Å². The highest BCUT2D eigenvalue weighted by atomic mass is 32.2. The van der Waals surface area contributed by atoms with Gasteiger partial charge in [0, 0.05) is 45.7 Å². The number of likely N-dealkylation sites (tertiary alicyclic amines) is 1. The average Bonchev–Trinajstić information content (AvgIpc) is 3.02. The van der Waals surface area contributed by atoms with E-state index in [1.54, 1.807) is 16.7 Å². The van der Waals surface area contributed by atoms with Gasteiger partial charge in [-0.05, 0) is 12.5 Å². The minimum Gasteiger partial charge on any atom is -0.340 e. The zero-order valence-electron chi connectivity index (χ0n) is 15.0. The third kappa shape index (κ3) is 4.07. The molecule has 2 aliphatic heterocycles. The second-order valence-corrected chi connectivity index (χ2v) is 9.04. The average molecular weight is 379 g/mol. The molecule has 8 heteroatoms. The number of sulfonamides is 1. The van der Waals surface area contributed by atoms with Crippen molar-refractivity contribution in [3.05, 3.63) is 35.9 Å². The maximum absolute atomic E-state index is 12.7. The summed E-state index contributed by atoms with van der Waals surface area (Å²) in [7, 11) is -3.21. The van der Waals surface area contributed by atoms with Gasteiger partial charge in [-0.1, -0.05) is 30.3 Å². The maximum Gasteiger partial charge on any atom is 0.228 e. The van der Waals surface area contributed by atoms with Crippen LogP contribution in [0, 0.1) is 5.92 Å². The van der Waals surface area contributed by atoms with Crippen LogP contribution in [0.3, 0.4) is 0 Å². The maximum atomic E-state index is 12.7. The first-order chi connectivity index (χ1) is 12.4. The van der Waals surface area contributed by atoms with Gasteiger partial charge in [-0.15, -0.1) is 0 Å². The molecule has 2 fully saturated rings. The molecule has 142 valence electrons. The lowest BCUT2D eigenvalue weighted by atomic mass is 10.1. The fraction of sp³-hybridized carbons (Fsp3) is 0.556. The largest absolute Gasteiger partial charge is 0.340 e. The second kappa shape index (κ2) is 7.75. The Morgan fingerprint density at radius 1 is 1.12 bits per heavy atom. The van der Waals surface area contributed by atoms with Crippen molar-refractivity contribution in [1.82, 2.24) is 14.1 Å². The minimum atomic E-state index is -3.21. The van der Waals surface area contributed by atoms with Gasteiger partial charge >= 0.3 is 0 Å². The molecule has 2 aliphatic rings. The number of hydrogen-bond donors (Lipinski definition) is 0. The van der Waals surface area contributed by atoms with Gasteiger partial charge in [0.05, 0.1) is 11.7 Å². The van der Waals surface area contributed by atoms with E-state index in [0.717, 1.165) is 5.56 Å². The van der Waals surface area contributed by atoms with Crippen LogP contribution in [0.25, 0.3) is 0 Å². The van der Waals surface area contributed by atoms with Crippen LogP contribution >= 0.6 is 0 Å². The number of amides is 2. The molecule has 0 saturated carbocycles. The molecular weight excluding hydrogens is 354 g/mol. The molecule has 3 rings (SSSR count). The third-order valence-corrected chi connectivity index (χ3v) is 6.97. The molecule has 2 heterocycles. The molecule has 1 atom stereocenters. The molecule has 0 N–H and O–H groups in total. The number of hydrogen-bond acceptors (Lipinski definition) is 4. The number of benzene rings is 1. The van der Waals surface area contributed by atoms with Crippen LogP contribution in [-0.2, 0) is 26.2 Å². The van der Waals surface area contributed by atoms with Crippen molar-refractivity contribution in [2.75, 3.05) is 38.5 Å². The van der Waals surface area contributed by atoms with Crippen LogP contribution < -0.4 is 0 Å². The van der Waals surface area contributed by atoms with Gasteiger partial charge in [-0.3, -0.25) is 9.59 Å². The van der Waals surface area contributed by atoms with Gasteiger partial charge in [0.15, 0.2) is 0 Å². The van der Waals surface area contributed by atoms with E-state index in [2.05, 4.69) is 0 Å². The third-order valence-electron chi connectivity index (χ3n) is 5.09. The van der Waals surface area contributed by atoms with Crippen molar-refractivity contribution in [2.45, 2.75) is 19.9 Å². The number of carbonyl (C=O) groups is 2. The standard InChI is InChI=1S/C18H25N3O4S/c1-2-26(24,25)21-10-8-19(9-11-21)18(23)16-12-17(22)20(14-16)13-15-6-4-3-5-7-15/h3-7,16H,2,8-14H2,1H3. The van der Waals surface area contributed by atoms with E-state index in [4.69, 9.17) is 0 Å². The Hall–Kier alpha value is -1.93.